The molecule has 0 fully saturated rings. The maximum Gasteiger partial charge on any atom is 0.257 e. The third-order valence-electron chi connectivity index (χ3n) is 3.68. The molecule has 1 atom stereocenters. The van der Waals surface area contributed by atoms with Crippen molar-refractivity contribution in [2.24, 2.45) is 5.73 Å². The number of fused-ring (bicyclic) bond motifs is 1. The highest BCUT2D eigenvalue weighted by atomic mass is 32.1. The molecule has 110 valence electrons. The number of hydrogen-bond donors (Lipinski definition) is 2. The molecule has 1 aliphatic carbocycles. The number of nitrogens with zero attached hydrogens (tertiary/aromatic N) is 1. The Morgan fingerprint density at radius 1 is 1.33 bits per heavy atom. The molecular weight excluding hydrogens is 282 g/mol. The van der Waals surface area contributed by atoms with Gasteiger partial charge in [-0.1, -0.05) is 17.2 Å². The van der Waals surface area contributed by atoms with E-state index in [1.807, 2.05) is 26.0 Å². The molecule has 1 amide bonds. The maximum atomic E-state index is 12.3. The first-order valence-corrected chi connectivity index (χ1v) is 7.97. The summed E-state index contributed by atoms with van der Waals surface area (Å²) in [6.07, 6.45) is 2.75. The molecule has 1 heterocycles. The van der Waals surface area contributed by atoms with E-state index >= 15 is 0 Å². The van der Waals surface area contributed by atoms with Gasteiger partial charge in [-0.15, -0.1) is 11.3 Å². The van der Waals surface area contributed by atoms with Crippen molar-refractivity contribution in [1.29, 1.82) is 0 Å². The number of nitrogens with one attached hydrogen (secondary N) is 1. The summed E-state index contributed by atoms with van der Waals surface area (Å²) in [5.41, 5.74) is 9.92. The van der Waals surface area contributed by atoms with Crippen molar-refractivity contribution >= 4 is 22.4 Å². The molecular formula is C16H19N3OS. The van der Waals surface area contributed by atoms with Crippen LogP contribution < -0.4 is 11.1 Å². The molecule has 3 rings (SSSR count). The van der Waals surface area contributed by atoms with E-state index in [9.17, 15) is 4.79 Å². The second-order valence-corrected chi connectivity index (χ2v) is 6.81. The fourth-order valence-electron chi connectivity index (χ4n) is 2.73. The normalized spacial score (nSPS) is 17.4. The van der Waals surface area contributed by atoms with Crippen LogP contribution in [0.3, 0.4) is 0 Å². The van der Waals surface area contributed by atoms with Crippen LogP contribution in [0.2, 0.25) is 0 Å². The van der Waals surface area contributed by atoms with Crippen molar-refractivity contribution < 1.29 is 4.79 Å². The minimum atomic E-state index is -0.0998. The monoisotopic (exact) mass is 301 g/mol. The van der Waals surface area contributed by atoms with E-state index in [4.69, 9.17) is 5.73 Å². The Kier molecular flexibility index (Phi) is 3.78. The molecule has 5 heteroatoms. The van der Waals surface area contributed by atoms with Gasteiger partial charge in [0.15, 0.2) is 5.13 Å². The summed E-state index contributed by atoms with van der Waals surface area (Å²) in [5.74, 6) is -0.0998. The first kappa shape index (κ1) is 14.2. The van der Waals surface area contributed by atoms with Gasteiger partial charge >= 0.3 is 0 Å². The van der Waals surface area contributed by atoms with Gasteiger partial charge in [-0.25, -0.2) is 4.98 Å². The second kappa shape index (κ2) is 5.58. The van der Waals surface area contributed by atoms with Crippen LogP contribution in [0.15, 0.2) is 18.2 Å². The second-order valence-electron chi connectivity index (χ2n) is 5.72. The molecule has 0 saturated carbocycles. The van der Waals surface area contributed by atoms with E-state index < -0.39 is 0 Å². The number of benzene rings is 1. The zero-order valence-corrected chi connectivity index (χ0v) is 13.1. The Morgan fingerprint density at radius 3 is 2.76 bits per heavy atom. The molecule has 1 aliphatic rings. The van der Waals surface area contributed by atoms with Crippen LogP contribution in [0.4, 0.5) is 5.13 Å². The first-order chi connectivity index (χ1) is 10.0. The highest BCUT2D eigenvalue weighted by Gasteiger charge is 2.21. The van der Waals surface area contributed by atoms with Crippen molar-refractivity contribution in [3.05, 3.63) is 45.5 Å². The van der Waals surface area contributed by atoms with Gasteiger partial charge in [0, 0.05) is 16.5 Å². The molecule has 1 aromatic carbocycles. The van der Waals surface area contributed by atoms with Gasteiger partial charge in [0.05, 0.1) is 5.69 Å². The molecule has 0 radical (unpaired) electrons. The van der Waals surface area contributed by atoms with Crippen molar-refractivity contribution in [3.63, 3.8) is 0 Å². The van der Waals surface area contributed by atoms with Crippen LogP contribution in [0.5, 0.6) is 0 Å². The van der Waals surface area contributed by atoms with Crippen LogP contribution in [0, 0.1) is 13.8 Å². The Morgan fingerprint density at radius 2 is 2.05 bits per heavy atom. The van der Waals surface area contributed by atoms with Crippen LogP contribution in [0.1, 0.15) is 38.5 Å². The van der Waals surface area contributed by atoms with E-state index in [2.05, 4.69) is 16.4 Å². The predicted molar refractivity (Wildman–Crippen MR) is 86.0 cm³/mol. The van der Waals surface area contributed by atoms with Gasteiger partial charge in [-0.2, -0.15) is 0 Å². The molecule has 0 aliphatic heterocycles. The average Bonchev–Trinajstić information content (AvgIpc) is 2.78. The summed E-state index contributed by atoms with van der Waals surface area (Å²) in [6.45, 7) is 3.99. The summed E-state index contributed by atoms with van der Waals surface area (Å²) in [7, 11) is 0. The number of anilines is 1. The number of carbonyl (C=O) groups is 1. The van der Waals surface area contributed by atoms with Gasteiger partial charge in [0.1, 0.15) is 0 Å². The van der Waals surface area contributed by atoms with E-state index in [1.54, 1.807) is 11.3 Å². The summed E-state index contributed by atoms with van der Waals surface area (Å²) in [5, 5.41) is 3.59. The molecule has 0 unspecified atom stereocenters. The Bertz CT molecular complexity index is 673. The average molecular weight is 301 g/mol. The third-order valence-corrected chi connectivity index (χ3v) is 4.72. The molecule has 3 N–H and O–H groups in total. The van der Waals surface area contributed by atoms with Crippen LogP contribution >= 0.6 is 11.3 Å². The van der Waals surface area contributed by atoms with E-state index in [0.29, 0.717) is 10.7 Å². The van der Waals surface area contributed by atoms with Gasteiger partial charge < -0.3 is 5.73 Å². The predicted octanol–water partition coefficient (Wildman–Crippen LogP) is 2.83. The molecule has 4 nitrogen and oxygen atoms in total. The topological polar surface area (TPSA) is 68.0 Å². The molecule has 1 aromatic heterocycles. The Hall–Kier alpha value is -1.72. The third kappa shape index (κ3) is 3.14. The fraction of sp³-hybridized carbons (Fsp3) is 0.375. The van der Waals surface area contributed by atoms with E-state index in [0.717, 1.165) is 36.1 Å². The molecule has 2 aromatic rings. The van der Waals surface area contributed by atoms with Gasteiger partial charge in [-0.3, -0.25) is 10.1 Å². The molecule has 0 bridgehead atoms. The first-order valence-electron chi connectivity index (χ1n) is 7.15. The molecule has 21 heavy (non-hydrogen) atoms. The lowest BCUT2D eigenvalue weighted by molar-refractivity contribution is 0.102. The van der Waals surface area contributed by atoms with Crippen molar-refractivity contribution in [3.8, 4) is 0 Å². The lowest BCUT2D eigenvalue weighted by atomic mass is 9.99. The number of nitrogens with two attached hydrogens (primary N) is 1. The highest BCUT2D eigenvalue weighted by molar-refractivity contribution is 7.15. The number of rotatable bonds is 2. The number of thiazole rings is 1. The largest absolute Gasteiger partial charge is 0.327 e. The van der Waals surface area contributed by atoms with Gasteiger partial charge in [0.2, 0.25) is 0 Å². The standard InChI is InChI=1S/C16H19N3OS/c1-9-5-10(2)7-11(6-9)15(20)19-16-18-13-4-3-12(17)8-14(13)21-16/h5-7,12H,3-4,8,17H2,1-2H3,(H,18,19,20)/t12-/m0/s1. The minimum Gasteiger partial charge on any atom is -0.327 e. The number of carbonyl (C=O) groups excluding carboxylic acids is 1. The van der Waals surface area contributed by atoms with Crippen molar-refractivity contribution in [1.82, 2.24) is 4.98 Å². The van der Waals surface area contributed by atoms with Crippen LogP contribution in [-0.2, 0) is 12.8 Å². The highest BCUT2D eigenvalue weighted by Crippen LogP contribution is 2.29. The summed E-state index contributed by atoms with van der Waals surface area (Å²) in [4.78, 5) is 18.1. The number of aryl methyl sites for hydroxylation is 3. The number of hydrogen-bond acceptors (Lipinski definition) is 4. The fourth-order valence-corrected chi connectivity index (χ4v) is 3.82. The maximum absolute atomic E-state index is 12.3. The summed E-state index contributed by atoms with van der Waals surface area (Å²) >= 11 is 1.55. The van der Waals surface area contributed by atoms with Crippen LogP contribution in [-0.4, -0.2) is 16.9 Å². The Balaban J connectivity index is 1.79. The van der Waals surface area contributed by atoms with Crippen LogP contribution in [0.25, 0.3) is 0 Å². The Labute approximate surface area is 128 Å². The quantitative estimate of drug-likeness (QED) is 0.896. The van der Waals surface area contributed by atoms with E-state index in [-0.39, 0.29) is 11.9 Å². The molecule has 0 spiro atoms. The zero-order chi connectivity index (χ0) is 15.0. The van der Waals surface area contributed by atoms with Crippen molar-refractivity contribution in [2.45, 2.75) is 39.2 Å². The summed E-state index contributed by atoms with van der Waals surface area (Å²) < 4.78 is 0. The van der Waals surface area contributed by atoms with Gasteiger partial charge in [-0.05, 0) is 45.2 Å². The smallest absolute Gasteiger partial charge is 0.257 e. The zero-order valence-electron chi connectivity index (χ0n) is 12.3. The number of aromatic nitrogens is 1. The number of amides is 1. The summed E-state index contributed by atoms with van der Waals surface area (Å²) in [6, 6.07) is 6.07. The van der Waals surface area contributed by atoms with E-state index in [1.165, 1.54) is 4.88 Å². The van der Waals surface area contributed by atoms with Crippen molar-refractivity contribution in [2.75, 3.05) is 5.32 Å². The lowest BCUT2D eigenvalue weighted by Gasteiger charge is -2.15. The molecule has 0 saturated heterocycles. The minimum absolute atomic E-state index is 0.0998. The van der Waals surface area contributed by atoms with Gasteiger partial charge in [0.25, 0.3) is 5.91 Å². The SMILES string of the molecule is Cc1cc(C)cc(C(=O)Nc2nc3c(s2)C[C@@H](N)CC3)c1. The lowest BCUT2D eigenvalue weighted by Crippen LogP contribution is -2.27.